The molecule has 0 aliphatic heterocycles. The fourth-order valence-corrected chi connectivity index (χ4v) is 5.39. The van der Waals surface area contributed by atoms with Gasteiger partial charge in [-0.3, -0.25) is 19.5 Å². The summed E-state index contributed by atoms with van der Waals surface area (Å²) in [5, 5.41) is 5.27. The van der Waals surface area contributed by atoms with Crippen LogP contribution in [0.4, 0.5) is 9.18 Å². The molecule has 4 aliphatic rings. The van der Waals surface area contributed by atoms with Gasteiger partial charge in [0, 0.05) is 5.54 Å². The average Bonchev–Trinajstić information content (AvgIpc) is 2.49. The molecule has 134 valence electrons. The van der Waals surface area contributed by atoms with Crippen LogP contribution in [0.3, 0.4) is 0 Å². The van der Waals surface area contributed by atoms with Gasteiger partial charge in [0.2, 0.25) is 11.7 Å². The van der Waals surface area contributed by atoms with E-state index in [0.29, 0.717) is 17.8 Å². The number of carbonyl (C=O) groups excluding carboxylic acids is 2. The molecule has 0 radical (unpaired) electrons. The summed E-state index contributed by atoms with van der Waals surface area (Å²) in [6, 6.07) is -0.538. The predicted octanol–water partition coefficient (Wildman–Crippen LogP) is 1.18. The minimum atomic E-state index is -1.03. The van der Waals surface area contributed by atoms with Crippen LogP contribution in [0.25, 0.3) is 0 Å². The Morgan fingerprint density at radius 1 is 1.20 bits per heavy atom. The molecule has 4 fully saturated rings. The average molecular weight is 348 g/mol. The molecule has 7 nitrogen and oxygen atoms in total. The highest BCUT2D eigenvalue weighted by molar-refractivity contribution is 5.94. The summed E-state index contributed by atoms with van der Waals surface area (Å²) >= 11 is 0. The van der Waals surface area contributed by atoms with E-state index >= 15 is 0 Å². The number of rotatable bonds is 3. The number of nitrogens with zero attached hydrogens (tertiary/aromatic N) is 2. The molecular formula is C17H21FN4O3. The first-order chi connectivity index (χ1) is 11.9. The lowest BCUT2D eigenvalue weighted by molar-refractivity contribution is -0.120. The van der Waals surface area contributed by atoms with Gasteiger partial charge in [0.05, 0.1) is 12.5 Å². The molecule has 2 N–H and O–H groups in total. The summed E-state index contributed by atoms with van der Waals surface area (Å²) < 4.78 is 14.0. The van der Waals surface area contributed by atoms with Crippen LogP contribution >= 0.6 is 0 Å². The Morgan fingerprint density at radius 3 is 2.40 bits per heavy atom. The van der Waals surface area contributed by atoms with Gasteiger partial charge in [-0.15, -0.1) is 0 Å². The van der Waals surface area contributed by atoms with Crippen molar-refractivity contribution in [1.29, 1.82) is 0 Å². The number of imide groups is 1. The maximum Gasteiger partial charge on any atom is 0.321 e. The first-order valence-electron chi connectivity index (χ1n) is 8.74. The fraction of sp³-hybridized carbons (Fsp3) is 0.647. The highest BCUT2D eigenvalue weighted by atomic mass is 19.1. The molecule has 25 heavy (non-hydrogen) atoms. The van der Waals surface area contributed by atoms with Crippen molar-refractivity contribution >= 4 is 11.9 Å². The third-order valence-electron chi connectivity index (χ3n) is 5.84. The van der Waals surface area contributed by atoms with E-state index in [1.54, 1.807) is 0 Å². The molecule has 1 heterocycles. The molecule has 1 aromatic rings. The Labute approximate surface area is 144 Å². The van der Waals surface area contributed by atoms with E-state index in [1.165, 1.54) is 19.3 Å². The number of carbonyl (C=O) groups is 2. The topological polar surface area (TPSA) is 93.1 Å². The van der Waals surface area contributed by atoms with E-state index in [1.807, 2.05) is 0 Å². The molecule has 0 unspecified atom stereocenters. The van der Waals surface area contributed by atoms with Gasteiger partial charge in [0.15, 0.2) is 0 Å². The first kappa shape index (κ1) is 16.2. The van der Waals surface area contributed by atoms with Crippen LogP contribution < -0.4 is 16.2 Å². The number of amides is 3. The number of hydrogen-bond acceptors (Lipinski definition) is 4. The normalized spacial score (nSPS) is 32.4. The molecule has 0 atom stereocenters. The summed E-state index contributed by atoms with van der Waals surface area (Å²) in [6.45, 7) is -0.447. The minimum absolute atomic E-state index is 0.198. The summed E-state index contributed by atoms with van der Waals surface area (Å²) in [7, 11) is 0. The van der Waals surface area contributed by atoms with Crippen LogP contribution in [-0.2, 0) is 11.3 Å². The van der Waals surface area contributed by atoms with E-state index < -0.39 is 29.9 Å². The zero-order chi connectivity index (χ0) is 17.6. The number of urea groups is 1. The summed E-state index contributed by atoms with van der Waals surface area (Å²) in [5.41, 5.74) is -1.14. The second kappa shape index (κ2) is 5.93. The van der Waals surface area contributed by atoms with Gasteiger partial charge in [-0.2, -0.15) is 4.39 Å². The second-order valence-corrected chi connectivity index (χ2v) is 7.87. The van der Waals surface area contributed by atoms with Crippen molar-refractivity contribution in [2.45, 2.75) is 50.6 Å². The van der Waals surface area contributed by atoms with E-state index in [-0.39, 0.29) is 5.54 Å². The Kier molecular flexibility index (Phi) is 3.85. The van der Waals surface area contributed by atoms with Crippen molar-refractivity contribution in [3.8, 4) is 0 Å². The number of hydrogen-bond donors (Lipinski definition) is 2. The van der Waals surface area contributed by atoms with Crippen LogP contribution in [-0.4, -0.2) is 27.0 Å². The Morgan fingerprint density at radius 2 is 1.80 bits per heavy atom. The van der Waals surface area contributed by atoms with Crippen LogP contribution in [0.1, 0.15) is 38.5 Å². The Bertz CT molecular complexity index is 740. The Balaban J connectivity index is 1.37. The van der Waals surface area contributed by atoms with Crippen LogP contribution in [0.5, 0.6) is 0 Å². The molecule has 3 amide bonds. The molecule has 4 aliphatic carbocycles. The van der Waals surface area contributed by atoms with Gasteiger partial charge in [-0.1, -0.05) is 0 Å². The lowest BCUT2D eigenvalue weighted by Gasteiger charge is -2.56. The summed E-state index contributed by atoms with van der Waals surface area (Å²) in [6.07, 6.45) is 8.58. The zero-order valence-corrected chi connectivity index (χ0v) is 13.8. The molecule has 5 rings (SSSR count). The maximum atomic E-state index is 13.2. The molecular weight excluding hydrogens is 327 g/mol. The Hall–Kier alpha value is -2.25. The van der Waals surface area contributed by atoms with E-state index in [0.717, 1.165) is 36.4 Å². The van der Waals surface area contributed by atoms with Gasteiger partial charge in [0.25, 0.3) is 5.56 Å². The fourth-order valence-electron chi connectivity index (χ4n) is 5.39. The third-order valence-corrected chi connectivity index (χ3v) is 5.84. The van der Waals surface area contributed by atoms with Gasteiger partial charge in [-0.05, 0) is 56.3 Å². The third kappa shape index (κ3) is 3.17. The lowest BCUT2D eigenvalue weighted by atomic mass is 9.53. The quantitative estimate of drug-likeness (QED) is 0.858. The highest BCUT2D eigenvalue weighted by Gasteiger charge is 2.51. The molecule has 0 spiro atoms. The summed E-state index contributed by atoms with van der Waals surface area (Å²) in [5.74, 6) is 0.336. The zero-order valence-electron chi connectivity index (χ0n) is 13.8. The van der Waals surface area contributed by atoms with Gasteiger partial charge in [-0.25, -0.2) is 9.78 Å². The second-order valence-electron chi connectivity index (χ2n) is 7.87. The van der Waals surface area contributed by atoms with E-state index in [4.69, 9.17) is 0 Å². The smallest absolute Gasteiger partial charge is 0.321 e. The van der Waals surface area contributed by atoms with Crippen LogP contribution in [0, 0.1) is 23.6 Å². The van der Waals surface area contributed by atoms with Gasteiger partial charge < -0.3 is 5.32 Å². The monoisotopic (exact) mass is 348 g/mol. The molecule has 4 saturated carbocycles. The molecule has 0 aromatic carbocycles. The van der Waals surface area contributed by atoms with Crippen molar-refractivity contribution in [3.05, 3.63) is 28.7 Å². The van der Waals surface area contributed by atoms with Crippen molar-refractivity contribution < 1.29 is 14.0 Å². The van der Waals surface area contributed by atoms with Crippen molar-refractivity contribution in [1.82, 2.24) is 20.2 Å². The predicted molar refractivity (Wildman–Crippen MR) is 86.0 cm³/mol. The molecule has 0 saturated heterocycles. The first-order valence-corrected chi connectivity index (χ1v) is 8.74. The SMILES string of the molecule is O=C(Cn1cncc(F)c1=O)NC(=O)NC12CC3CC(CC(C3)C1)C2. The van der Waals surface area contributed by atoms with Crippen molar-refractivity contribution in [2.24, 2.45) is 17.8 Å². The van der Waals surface area contributed by atoms with Gasteiger partial charge >= 0.3 is 6.03 Å². The highest BCUT2D eigenvalue weighted by Crippen LogP contribution is 2.55. The summed E-state index contributed by atoms with van der Waals surface area (Å²) in [4.78, 5) is 39.3. The maximum absolute atomic E-state index is 13.2. The van der Waals surface area contributed by atoms with Gasteiger partial charge in [0.1, 0.15) is 6.54 Å². The van der Waals surface area contributed by atoms with Crippen molar-refractivity contribution in [2.75, 3.05) is 0 Å². The minimum Gasteiger partial charge on any atom is -0.332 e. The van der Waals surface area contributed by atoms with E-state index in [9.17, 15) is 18.8 Å². The number of aromatic nitrogens is 2. The molecule has 4 bridgehead atoms. The molecule has 8 heteroatoms. The standard InChI is InChI=1S/C17H21FN4O3/c18-13-7-19-9-22(15(13)24)8-14(23)20-16(25)21-17-4-10-1-11(5-17)3-12(2-10)6-17/h7,9-12H,1-6,8H2,(H2,20,21,23,25). The molecule has 1 aromatic heterocycles. The van der Waals surface area contributed by atoms with Crippen molar-refractivity contribution in [3.63, 3.8) is 0 Å². The van der Waals surface area contributed by atoms with Crippen LogP contribution in [0.2, 0.25) is 0 Å². The lowest BCUT2D eigenvalue weighted by Crippen LogP contribution is -2.62. The van der Waals surface area contributed by atoms with Crippen LogP contribution in [0.15, 0.2) is 17.3 Å². The number of nitrogens with one attached hydrogen (secondary N) is 2. The number of halogens is 1. The largest absolute Gasteiger partial charge is 0.332 e. The van der Waals surface area contributed by atoms with E-state index in [2.05, 4.69) is 15.6 Å².